The number of rotatable bonds is 5. The van der Waals surface area contributed by atoms with Crippen LogP contribution in [0.1, 0.15) is 18.9 Å². The second kappa shape index (κ2) is 7.37. The maximum absolute atomic E-state index is 10.8. The lowest BCUT2D eigenvalue weighted by molar-refractivity contribution is -0.486. The minimum atomic E-state index is -0.658. The largest absolute Gasteiger partial charge is 0.328 e. The van der Waals surface area contributed by atoms with E-state index in [0.717, 1.165) is 18.5 Å². The van der Waals surface area contributed by atoms with Crippen LogP contribution in [0.4, 0.5) is 0 Å². The normalized spacial score (nSPS) is 18.0. The Morgan fingerprint density at radius 3 is 2.82 bits per heavy atom. The van der Waals surface area contributed by atoms with Crippen molar-refractivity contribution in [3.8, 4) is 0 Å². The summed E-state index contributed by atoms with van der Waals surface area (Å²) in [7, 11) is 1.80. The predicted octanol–water partition coefficient (Wildman–Crippen LogP) is 1.66. The summed E-state index contributed by atoms with van der Waals surface area (Å²) in [4.78, 5) is 20.7. The van der Waals surface area contributed by atoms with Gasteiger partial charge in [-0.25, -0.2) is 15.1 Å². The van der Waals surface area contributed by atoms with E-state index in [1.54, 1.807) is 24.2 Å². The molecule has 0 spiro atoms. The summed E-state index contributed by atoms with van der Waals surface area (Å²) in [5.74, 6) is 0.354. The number of hydrogen-bond donors (Lipinski definition) is 0. The molecule has 1 fully saturated rings. The van der Waals surface area contributed by atoms with Crippen LogP contribution < -0.4 is 0 Å². The van der Waals surface area contributed by atoms with Gasteiger partial charge in [-0.15, -0.1) is 0 Å². The summed E-state index contributed by atoms with van der Waals surface area (Å²) in [6.07, 6.45) is 2.69. The third-order valence-electron chi connectivity index (χ3n) is 3.28. The quantitative estimate of drug-likeness (QED) is 0.465. The number of guanidine groups is 1. The number of pyridine rings is 1. The van der Waals surface area contributed by atoms with Crippen LogP contribution in [0.5, 0.6) is 0 Å². The summed E-state index contributed by atoms with van der Waals surface area (Å²) in [6.45, 7) is 4.73. The highest BCUT2D eigenvalue weighted by atomic mass is 35.5. The van der Waals surface area contributed by atoms with Gasteiger partial charge in [0.1, 0.15) is 10.3 Å². The molecule has 1 aromatic heterocycles. The van der Waals surface area contributed by atoms with Crippen LogP contribution in [0.15, 0.2) is 23.4 Å². The van der Waals surface area contributed by atoms with E-state index in [1.165, 1.54) is 0 Å². The highest BCUT2D eigenvalue weighted by Gasteiger charge is 2.28. The number of hydrogen-bond acceptors (Lipinski definition) is 4. The van der Waals surface area contributed by atoms with Crippen molar-refractivity contribution in [3.05, 3.63) is 39.2 Å². The van der Waals surface area contributed by atoms with Gasteiger partial charge in [0.25, 0.3) is 5.96 Å². The average molecular weight is 327 g/mol. The Morgan fingerprint density at radius 2 is 2.23 bits per heavy atom. The van der Waals surface area contributed by atoms with Gasteiger partial charge in [-0.3, -0.25) is 4.90 Å². The standard InChI is InChI=1S/C13H19ClN6O2/c1-3-6-18-9-17(2)13(16-20(21)22)19(10-18)8-11-4-5-12(14)15-7-11/h4-5,7H,3,6,8-10H2,1-2H3. The van der Waals surface area contributed by atoms with Crippen LogP contribution in [0.25, 0.3) is 0 Å². The first-order valence-electron chi connectivity index (χ1n) is 7.01. The molecular weight excluding hydrogens is 308 g/mol. The summed E-state index contributed by atoms with van der Waals surface area (Å²) >= 11 is 5.79. The first-order valence-corrected chi connectivity index (χ1v) is 7.39. The van der Waals surface area contributed by atoms with Gasteiger partial charge in [0.2, 0.25) is 0 Å². The molecule has 120 valence electrons. The Kier molecular flexibility index (Phi) is 5.51. The summed E-state index contributed by atoms with van der Waals surface area (Å²) in [5, 5.41) is 14.1. The first-order chi connectivity index (χ1) is 10.5. The molecule has 1 aliphatic heterocycles. The fourth-order valence-electron chi connectivity index (χ4n) is 2.47. The molecule has 0 saturated carbocycles. The highest BCUT2D eigenvalue weighted by molar-refractivity contribution is 6.29. The van der Waals surface area contributed by atoms with Gasteiger partial charge in [0.15, 0.2) is 5.03 Å². The van der Waals surface area contributed by atoms with Crippen molar-refractivity contribution < 1.29 is 5.03 Å². The van der Waals surface area contributed by atoms with E-state index in [2.05, 4.69) is 21.9 Å². The third kappa shape index (κ3) is 4.28. The molecule has 0 amide bonds. The zero-order chi connectivity index (χ0) is 16.1. The van der Waals surface area contributed by atoms with Crippen LogP contribution in [0, 0.1) is 10.1 Å². The number of halogens is 1. The van der Waals surface area contributed by atoms with Crippen molar-refractivity contribution in [1.29, 1.82) is 0 Å². The van der Waals surface area contributed by atoms with Crippen molar-refractivity contribution in [1.82, 2.24) is 19.7 Å². The highest BCUT2D eigenvalue weighted by Crippen LogP contribution is 2.14. The second-order valence-electron chi connectivity index (χ2n) is 5.20. The topological polar surface area (TPSA) is 78.1 Å². The lowest BCUT2D eigenvalue weighted by atomic mass is 10.2. The molecule has 0 unspecified atom stereocenters. The van der Waals surface area contributed by atoms with Gasteiger partial charge in [-0.05, 0) is 18.1 Å². The van der Waals surface area contributed by atoms with E-state index >= 15 is 0 Å². The molecule has 0 radical (unpaired) electrons. The van der Waals surface area contributed by atoms with Gasteiger partial charge < -0.3 is 9.80 Å². The average Bonchev–Trinajstić information content (AvgIpc) is 2.45. The maximum atomic E-state index is 10.8. The monoisotopic (exact) mass is 326 g/mol. The molecule has 0 N–H and O–H groups in total. The van der Waals surface area contributed by atoms with E-state index in [0.29, 0.717) is 31.0 Å². The minimum Gasteiger partial charge on any atom is -0.328 e. The summed E-state index contributed by atoms with van der Waals surface area (Å²) < 4.78 is 0. The number of hydrazone groups is 1. The molecule has 9 heteroatoms. The van der Waals surface area contributed by atoms with Gasteiger partial charge in [-0.1, -0.05) is 24.6 Å². The van der Waals surface area contributed by atoms with Gasteiger partial charge in [0.05, 0.1) is 13.3 Å². The Balaban J connectivity index is 2.20. The fourth-order valence-corrected chi connectivity index (χ4v) is 2.58. The third-order valence-corrected chi connectivity index (χ3v) is 3.50. The lowest BCUT2D eigenvalue weighted by Crippen LogP contribution is -2.57. The number of aromatic nitrogens is 1. The van der Waals surface area contributed by atoms with E-state index in [9.17, 15) is 10.1 Å². The summed E-state index contributed by atoms with van der Waals surface area (Å²) in [6, 6.07) is 3.57. The van der Waals surface area contributed by atoms with E-state index < -0.39 is 5.03 Å². The van der Waals surface area contributed by atoms with Gasteiger partial charge >= 0.3 is 0 Å². The van der Waals surface area contributed by atoms with Crippen molar-refractivity contribution in [3.63, 3.8) is 0 Å². The fraction of sp³-hybridized carbons (Fsp3) is 0.538. The minimum absolute atomic E-state index is 0.354. The van der Waals surface area contributed by atoms with Gasteiger partial charge in [-0.2, -0.15) is 0 Å². The molecule has 0 bridgehead atoms. The molecule has 22 heavy (non-hydrogen) atoms. The van der Waals surface area contributed by atoms with Crippen LogP contribution >= 0.6 is 11.6 Å². The second-order valence-corrected chi connectivity index (χ2v) is 5.59. The molecule has 0 aliphatic carbocycles. The SMILES string of the molecule is CCCN1CN(C)C(=N[N+](=O)[O-])N(Cc2ccc(Cl)nc2)C1. The lowest BCUT2D eigenvalue weighted by Gasteiger charge is -2.41. The molecule has 1 aromatic rings. The Labute approximate surface area is 134 Å². The van der Waals surface area contributed by atoms with Crippen LogP contribution in [0.3, 0.4) is 0 Å². The molecule has 2 heterocycles. The van der Waals surface area contributed by atoms with Crippen molar-refractivity contribution in [2.75, 3.05) is 26.9 Å². The molecular formula is C13H19ClN6O2. The van der Waals surface area contributed by atoms with E-state index in [4.69, 9.17) is 11.6 Å². The van der Waals surface area contributed by atoms with E-state index in [1.807, 2.05) is 11.0 Å². The summed E-state index contributed by atoms with van der Waals surface area (Å²) in [5.41, 5.74) is 0.923. The molecule has 1 saturated heterocycles. The van der Waals surface area contributed by atoms with Crippen molar-refractivity contribution in [2.24, 2.45) is 5.10 Å². The van der Waals surface area contributed by atoms with Crippen LogP contribution in [-0.4, -0.2) is 57.6 Å². The van der Waals surface area contributed by atoms with Crippen molar-refractivity contribution in [2.45, 2.75) is 19.9 Å². The molecule has 2 rings (SSSR count). The Bertz CT molecular complexity index is 550. The zero-order valence-corrected chi connectivity index (χ0v) is 13.4. The van der Waals surface area contributed by atoms with Crippen LogP contribution in [-0.2, 0) is 6.54 Å². The molecule has 0 aromatic carbocycles. The molecule has 1 aliphatic rings. The smallest absolute Gasteiger partial charge is 0.276 e. The van der Waals surface area contributed by atoms with Crippen molar-refractivity contribution >= 4 is 17.6 Å². The Hall–Kier alpha value is -1.93. The van der Waals surface area contributed by atoms with E-state index in [-0.39, 0.29) is 0 Å². The Morgan fingerprint density at radius 1 is 1.45 bits per heavy atom. The number of nitro groups is 1. The predicted molar refractivity (Wildman–Crippen MR) is 83.7 cm³/mol. The zero-order valence-electron chi connectivity index (χ0n) is 12.6. The van der Waals surface area contributed by atoms with Crippen LogP contribution in [0.2, 0.25) is 5.15 Å². The van der Waals surface area contributed by atoms with Gasteiger partial charge in [0, 0.05) is 26.3 Å². The first kappa shape index (κ1) is 16.4. The molecule has 0 atom stereocenters. The maximum Gasteiger partial charge on any atom is 0.276 e. The number of nitrogens with zero attached hydrogens (tertiary/aromatic N) is 6. The molecule has 8 nitrogen and oxygen atoms in total.